The van der Waals surface area contributed by atoms with Crippen LogP contribution in [0, 0.1) is 0 Å². The van der Waals surface area contributed by atoms with Gasteiger partial charge in [-0.2, -0.15) is 13.2 Å². The lowest BCUT2D eigenvalue weighted by molar-refractivity contribution is -0.137. The molecule has 0 spiro atoms. The van der Waals surface area contributed by atoms with Crippen molar-refractivity contribution in [2.75, 3.05) is 24.5 Å². The maximum Gasteiger partial charge on any atom is 0.416 e. The van der Waals surface area contributed by atoms with E-state index in [0.717, 1.165) is 71.6 Å². The van der Waals surface area contributed by atoms with Crippen LogP contribution in [0.25, 0.3) is 11.1 Å². The number of halogens is 3. The topological polar surface area (TPSA) is 78.7 Å². The number of amides is 3. The van der Waals surface area contributed by atoms with Crippen molar-refractivity contribution in [3.8, 4) is 11.1 Å². The van der Waals surface area contributed by atoms with Gasteiger partial charge >= 0.3 is 12.2 Å². The van der Waals surface area contributed by atoms with Crippen LogP contribution >= 0.6 is 0 Å². The fourth-order valence-electron chi connectivity index (χ4n) is 5.73. The summed E-state index contributed by atoms with van der Waals surface area (Å²) >= 11 is 0. The Balaban J connectivity index is 1.43. The zero-order chi connectivity index (χ0) is 28.3. The van der Waals surface area contributed by atoms with Crippen LogP contribution < -0.4 is 16.0 Å². The number of alkyl halides is 3. The number of primary amides is 1. The molecule has 9 heteroatoms. The van der Waals surface area contributed by atoms with Gasteiger partial charge in [-0.3, -0.25) is 4.79 Å². The number of carbonyl (C=O) groups is 2. The zero-order valence-corrected chi connectivity index (χ0v) is 22.2. The molecule has 210 valence electrons. The third-order valence-electron chi connectivity index (χ3n) is 7.82. The molecule has 3 aromatic rings. The highest BCUT2D eigenvalue weighted by Crippen LogP contribution is 2.39. The number of nitrogens with two attached hydrogens (primary N) is 1. The first-order valence-electron chi connectivity index (χ1n) is 13.7. The van der Waals surface area contributed by atoms with E-state index in [-0.39, 0.29) is 18.5 Å². The quantitative estimate of drug-likeness (QED) is 0.376. The Labute approximate surface area is 232 Å². The fraction of sp³-hybridized carbons (Fsp3) is 0.355. The summed E-state index contributed by atoms with van der Waals surface area (Å²) in [6.07, 6.45) is -1.07. The summed E-state index contributed by atoms with van der Waals surface area (Å²) in [7, 11) is 0. The SMILES string of the molecule is NC(=O)CC[C@H](NC(=O)N1CCc2c(-c3ccc(C(F)(F)F)cc3)ccc(N3CCCC3)c2C1)c1ccccc1. The molecule has 3 aromatic carbocycles. The highest BCUT2D eigenvalue weighted by atomic mass is 19.4. The van der Waals surface area contributed by atoms with E-state index in [1.165, 1.54) is 12.1 Å². The second-order valence-corrected chi connectivity index (χ2v) is 10.4. The van der Waals surface area contributed by atoms with E-state index in [2.05, 4.69) is 10.2 Å². The summed E-state index contributed by atoms with van der Waals surface area (Å²) < 4.78 is 39.5. The van der Waals surface area contributed by atoms with Crippen LogP contribution in [0.4, 0.5) is 23.7 Å². The normalized spacial score (nSPS) is 16.0. The summed E-state index contributed by atoms with van der Waals surface area (Å²) in [6.45, 7) is 2.72. The molecular formula is C31H33F3N4O2. The Kier molecular flexibility index (Phi) is 8.00. The van der Waals surface area contributed by atoms with Crippen molar-refractivity contribution < 1.29 is 22.8 Å². The number of hydrogen-bond acceptors (Lipinski definition) is 3. The van der Waals surface area contributed by atoms with E-state index >= 15 is 0 Å². The molecule has 1 fully saturated rings. The monoisotopic (exact) mass is 550 g/mol. The lowest BCUT2D eigenvalue weighted by Gasteiger charge is -2.35. The Hall–Kier alpha value is -4.01. The minimum absolute atomic E-state index is 0.151. The average molecular weight is 551 g/mol. The predicted molar refractivity (Wildman–Crippen MR) is 149 cm³/mol. The maximum absolute atomic E-state index is 13.5. The largest absolute Gasteiger partial charge is 0.416 e. The molecule has 0 aromatic heterocycles. The molecule has 0 radical (unpaired) electrons. The molecule has 1 atom stereocenters. The van der Waals surface area contributed by atoms with Crippen LogP contribution in [0.1, 0.15) is 54.0 Å². The standard InChI is InChI=1S/C31H33F3N4O2/c32-31(33,34)23-10-8-21(9-11-23)24-12-14-28(37-17-4-5-18-37)26-20-38(19-16-25(24)26)30(40)36-27(13-15-29(35)39)22-6-2-1-3-7-22/h1-3,6-12,14,27H,4-5,13,15-20H2,(H2,35,39)(H,36,40)/t27-/m0/s1. The van der Waals surface area contributed by atoms with E-state index in [0.29, 0.717) is 25.9 Å². The van der Waals surface area contributed by atoms with Crippen LogP contribution in [0.5, 0.6) is 0 Å². The van der Waals surface area contributed by atoms with Crippen molar-refractivity contribution in [2.45, 2.75) is 50.9 Å². The maximum atomic E-state index is 13.5. The van der Waals surface area contributed by atoms with Crippen LogP contribution in [0.15, 0.2) is 66.7 Å². The lowest BCUT2D eigenvalue weighted by Crippen LogP contribution is -2.44. The Morgan fingerprint density at radius 1 is 0.900 bits per heavy atom. The van der Waals surface area contributed by atoms with Gasteiger partial charge in [-0.25, -0.2) is 4.79 Å². The molecule has 0 unspecified atom stereocenters. The first-order valence-corrected chi connectivity index (χ1v) is 13.7. The zero-order valence-electron chi connectivity index (χ0n) is 22.2. The minimum atomic E-state index is -4.39. The summed E-state index contributed by atoms with van der Waals surface area (Å²) in [4.78, 5) is 29.1. The van der Waals surface area contributed by atoms with Gasteiger partial charge in [0.05, 0.1) is 11.6 Å². The molecule has 1 saturated heterocycles. The van der Waals surface area contributed by atoms with E-state index in [1.54, 1.807) is 4.90 Å². The van der Waals surface area contributed by atoms with E-state index in [4.69, 9.17) is 5.73 Å². The van der Waals surface area contributed by atoms with Crippen LogP contribution in [-0.4, -0.2) is 36.5 Å². The van der Waals surface area contributed by atoms with Gasteiger partial charge in [0.1, 0.15) is 0 Å². The fourth-order valence-corrected chi connectivity index (χ4v) is 5.73. The molecule has 3 N–H and O–H groups in total. The summed E-state index contributed by atoms with van der Waals surface area (Å²) in [6, 6.07) is 18.2. The van der Waals surface area contributed by atoms with Crippen LogP contribution in [0.2, 0.25) is 0 Å². The smallest absolute Gasteiger partial charge is 0.371 e. The average Bonchev–Trinajstić information content (AvgIpc) is 3.49. The van der Waals surface area contributed by atoms with Gasteiger partial charge in [0, 0.05) is 38.3 Å². The third-order valence-corrected chi connectivity index (χ3v) is 7.82. The summed E-state index contributed by atoms with van der Waals surface area (Å²) in [5.74, 6) is -0.423. The van der Waals surface area contributed by atoms with Gasteiger partial charge in [-0.1, -0.05) is 48.5 Å². The highest BCUT2D eigenvalue weighted by Gasteiger charge is 2.31. The highest BCUT2D eigenvalue weighted by molar-refractivity contribution is 5.79. The van der Waals surface area contributed by atoms with Gasteiger partial charge in [0.2, 0.25) is 5.91 Å². The van der Waals surface area contributed by atoms with Gasteiger partial charge in [0.25, 0.3) is 0 Å². The Bertz CT molecular complexity index is 1350. The first-order chi connectivity index (χ1) is 19.2. The molecular weight excluding hydrogens is 517 g/mol. The Morgan fingerprint density at radius 3 is 2.25 bits per heavy atom. The molecule has 2 aliphatic rings. The van der Waals surface area contributed by atoms with Crippen molar-refractivity contribution in [2.24, 2.45) is 5.73 Å². The van der Waals surface area contributed by atoms with E-state index in [9.17, 15) is 22.8 Å². The van der Waals surface area contributed by atoms with Crippen LogP contribution in [-0.2, 0) is 23.9 Å². The van der Waals surface area contributed by atoms with E-state index < -0.39 is 17.6 Å². The van der Waals surface area contributed by atoms with Gasteiger partial charge in [-0.05, 0) is 71.7 Å². The number of urea groups is 1. The predicted octanol–water partition coefficient (Wildman–Crippen LogP) is 6.05. The molecule has 2 aliphatic heterocycles. The molecule has 0 saturated carbocycles. The molecule has 2 heterocycles. The number of anilines is 1. The van der Waals surface area contributed by atoms with Gasteiger partial charge in [-0.15, -0.1) is 0 Å². The summed E-state index contributed by atoms with van der Waals surface area (Å²) in [5, 5.41) is 3.10. The number of fused-ring (bicyclic) bond motifs is 1. The number of nitrogens with zero attached hydrogens (tertiary/aromatic N) is 2. The van der Waals surface area contributed by atoms with Gasteiger partial charge < -0.3 is 20.9 Å². The van der Waals surface area contributed by atoms with Gasteiger partial charge in [0.15, 0.2) is 0 Å². The molecule has 0 bridgehead atoms. The number of hydrogen-bond donors (Lipinski definition) is 2. The third kappa shape index (κ3) is 6.08. The minimum Gasteiger partial charge on any atom is -0.371 e. The van der Waals surface area contributed by atoms with E-state index in [1.807, 2.05) is 42.5 Å². The second kappa shape index (κ2) is 11.6. The van der Waals surface area contributed by atoms with Crippen molar-refractivity contribution in [1.29, 1.82) is 0 Å². The van der Waals surface area contributed by atoms with Crippen molar-refractivity contribution in [3.63, 3.8) is 0 Å². The van der Waals surface area contributed by atoms with Crippen molar-refractivity contribution >= 4 is 17.6 Å². The molecule has 6 nitrogen and oxygen atoms in total. The molecule has 5 rings (SSSR count). The Morgan fingerprint density at radius 2 is 1.60 bits per heavy atom. The first kappa shape index (κ1) is 27.6. The lowest BCUT2D eigenvalue weighted by atomic mass is 9.89. The van der Waals surface area contributed by atoms with Crippen molar-refractivity contribution in [1.82, 2.24) is 10.2 Å². The number of carbonyl (C=O) groups excluding carboxylic acids is 2. The number of rotatable bonds is 7. The number of benzene rings is 3. The van der Waals surface area contributed by atoms with Crippen LogP contribution in [0.3, 0.4) is 0 Å². The summed E-state index contributed by atoms with van der Waals surface area (Å²) in [5.41, 5.74) is 10.4. The molecule has 0 aliphatic carbocycles. The molecule has 3 amide bonds. The number of nitrogens with one attached hydrogen (secondary N) is 1. The second-order valence-electron chi connectivity index (χ2n) is 10.4. The molecule has 40 heavy (non-hydrogen) atoms. The van der Waals surface area contributed by atoms with Crippen molar-refractivity contribution in [3.05, 3.63) is 89.0 Å².